The minimum atomic E-state index is 0.177. The predicted octanol–water partition coefficient (Wildman–Crippen LogP) is 2.38. The van der Waals surface area contributed by atoms with Crippen molar-refractivity contribution in [1.82, 2.24) is 0 Å². The molecule has 0 saturated carbocycles. The molecule has 0 aliphatic rings. The van der Waals surface area contributed by atoms with Gasteiger partial charge in [-0.15, -0.1) is 0 Å². The predicted molar refractivity (Wildman–Crippen MR) is 56.6 cm³/mol. The smallest absolute Gasteiger partial charge is 0.194 e. The van der Waals surface area contributed by atoms with Crippen molar-refractivity contribution in [1.29, 1.82) is 0 Å². The monoisotopic (exact) mass is 198 g/mol. The summed E-state index contributed by atoms with van der Waals surface area (Å²) in [6.07, 6.45) is 0.506. The van der Waals surface area contributed by atoms with Crippen LogP contribution in [-0.4, -0.2) is 10.2 Å². The van der Waals surface area contributed by atoms with Crippen LogP contribution in [0, 0.1) is 0 Å². The number of thiol groups is 1. The SMILES string of the molecule is O=C(Cc1ccccc1)SCS. The van der Waals surface area contributed by atoms with E-state index < -0.39 is 0 Å². The second-order valence-electron chi connectivity index (χ2n) is 2.31. The number of hydrogen-bond donors (Lipinski definition) is 1. The lowest BCUT2D eigenvalue weighted by atomic mass is 10.2. The molecule has 0 spiro atoms. The number of rotatable bonds is 3. The molecule has 1 aromatic carbocycles. The van der Waals surface area contributed by atoms with Crippen LogP contribution in [0.5, 0.6) is 0 Å². The zero-order valence-corrected chi connectivity index (χ0v) is 8.28. The molecule has 1 rings (SSSR count). The van der Waals surface area contributed by atoms with Gasteiger partial charge in [-0.2, -0.15) is 12.6 Å². The summed E-state index contributed by atoms with van der Waals surface area (Å²) >= 11 is 5.22. The van der Waals surface area contributed by atoms with Gasteiger partial charge in [-0.1, -0.05) is 42.1 Å². The zero-order valence-electron chi connectivity index (χ0n) is 6.56. The molecule has 0 radical (unpaired) electrons. The second-order valence-corrected chi connectivity index (χ2v) is 4.08. The number of benzene rings is 1. The molecular formula is C9H10OS2. The fraction of sp³-hybridized carbons (Fsp3) is 0.222. The van der Waals surface area contributed by atoms with Crippen molar-refractivity contribution < 1.29 is 4.79 Å². The van der Waals surface area contributed by atoms with Crippen molar-refractivity contribution in [2.75, 3.05) is 5.08 Å². The van der Waals surface area contributed by atoms with E-state index in [0.717, 1.165) is 5.56 Å². The molecule has 0 bridgehead atoms. The van der Waals surface area contributed by atoms with Gasteiger partial charge in [0.05, 0.1) is 0 Å². The molecule has 0 N–H and O–H groups in total. The van der Waals surface area contributed by atoms with E-state index in [4.69, 9.17) is 0 Å². The number of thioether (sulfide) groups is 1. The van der Waals surface area contributed by atoms with Gasteiger partial charge in [0.15, 0.2) is 5.12 Å². The molecule has 0 unspecified atom stereocenters. The van der Waals surface area contributed by atoms with E-state index in [9.17, 15) is 4.79 Å². The Kier molecular flexibility index (Phi) is 4.25. The lowest BCUT2D eigenvalue weighted by Gasteiger charge is -1.97. The Bertz CT molecular complexity index is 246. The van der Waals surface area contributed by atoms with Crippen molar-refractivity contribution in [3.05, 3.63) is 35.9 Å². The lowest BCUT2D eigenvalue weighted by Crippen LogP contribution is -1.96. The molecule has 0 aliphatic carbocycles. The summed E-state index contributed by atoms with van der Waals surface area (Å²) < 4.78 is 0. The Morgan fingerprint density at radius 2 is 2.00 bits per heavy atom. The minimum absolute atomic E-state index is 0.177. The summed E-state index contributed by atoms with van der Waals surface area (Å²) in [4.78, 5) is 11.1. The van der Waals surface area contributed by atoms with E-state index in [0.29, 0.717) is 11.5 Å². The summed E-state index contributed by atoms with van der Waals surface area (Å²) in [6, 6.07) is 9.73. The largest absolute Gasteiger partial charge is 0.287 e. The van der Waals surface area contributed by atoms with E-state index in [-0.39, 0.29) is 5.12 Å². The van der Waals surface area contributed by atoms with Crippen molar-refractivity contribution in [3.63, 3.8) is 0 Å². The van der Waals surface area contributed by atoms with Crippen molar-refractivity contribution in [2.45, 2.75) is 6.42 Å². The van der Waals surface area contributed by atoms with Gasteiger partial charge in [0.1, 0.15) is 0 Å². The van der Waals surface area contributed by atoms with E-state index in [1.54, 1.807) is 0 Å². The highest BCUT2D eigenvalue weighted by molar-refractivity contribution is 8.20. The van der Waals surface area contributed by atoms with Gasteiger partial charge >= 0.3 is 0 Å². The maximum absolute atomic E-state index is 11.1. The molecule has 1 aromatic rings. The molecule has 0 saturated heterocycles. The van der Waals surface area contributed by atoms with E-state index >= 15 is 0 Å². The first-order valence-corrected chi connectivity index (χ1v) is 5.25. The number of carbonyl (C=O) groups excluding carboxylic acids is 1. The standard InChI is InChI=1S/C9H10OS2/c10-9(12-7-11)6-8-4-2-1-3-5-8/h1-5,11H,6-7H2. The zero-order chi connectivity index (χ0) is 8.81. The lowest BCUT2D eigenvalue weighted by molar-refractivity contribution is -0.110. The summed E-state index contributed by atoms with van der Waals surface area (Å²) in [5.41, 5.74) is 1.07. The summed E-state index contributed by atoms with van der Waals surface area (Å²) in [5.74, 6) is 0. The second kappa shape index (κ2) is 5.27. The molecule has 3 heteroatoms. The Balaban J connectivity index is 2.47. The quantitative estimate of drug-likeness (QED) is 0.593. The van der Waals surface area contributed by atoms with Crippen LogP contribution in [0.1, 0.15) is 5.56 Å². The van der Waals surface area contributed by atoms with Crippen LogP contribution in [0.25, 0.3) is 0 Å². The highest BCUT2D eigenvalue weighted by Crippen LogP contribution is 2.09. The molecular weight excluding hydrogens is 188 g/mol. The van der Waals surface area contributed by atoms with Crippen LogP contribution in [-0.2, 0) is 11.2 Å². The minimum Gasteiger partial charge on any atom is -0.287 e. The molecule has 0 atom stereocenters. The topological polar surface area (TPSA) is 17.1 Å². The van der Waals surface area contributed by atoms with Crippen LogP contribution < -0.4 is 0 Å². The Morgan fingerprint density at radius 1 is 1.33 bits per heavy atom. The molecule has 0 fully saturated rings. The van der Waals surface area contributed by atoms with Gasteiger partial charge in [-0.25, -0.2) is 0 Å². The first kappa shape index (κ1) is 9.68. The molecule has 0 heterocycles. The average Bonchev–Trinajstić information content (AvgIpc) is 2.06. The maximum Gasteiger partial charge on any atom is 0.194 e. The first-order valence-electron chi connectivity index (χ1n) is 3.63. The van der Waals surface area contributed by atoms with Crippen LogP contribution >= 0.6 is 24.4 Å². The Morgan fingerprint density at radius 3 is 2.58 bits per heavy atom. The van der Waals surface area contributed by atoms with Crippen LogP contribution in [0.4, 0.5) is 0 Å². The Labute approximate surface area is 82.0 Å². The van der Waals surface area contributed by atoms with E-state index in [1.807, 2.05) is 30.3 Å². The highest BCUT2D eigenvalue weighted by atomic mass is 32.2. The third-order valence-corrected chi connectivity index (χ3v) is 2.40. The van der Waals surface area contributed by atoms with Gasteiger partial charge in [-0.05, 0) is 5.56 Å². The first-order chi connectivity index (χ1) is 5.83. The highest BCUT2D eigenvalue weighted by Gasteiger charge is 2.01. The molecule has 0 aromatic heterocycles. The third-order valence-electron chi connectivity index (χ3n) is 1.42. The van der Waals surface area contributed by atoms with Gasteiger partial charge in [-0.3, -0.25) is 4.79 Å². The van der Waals surface area contributed by atoms with Gasteiger partial charge in [0, 0.05) is 11.5 Å². The van der Waals surface area contributed by atoms with Crippen LogP contribution in [0.15, 0.2) is 30.3 Å². The molecule has 64 valence electrons. The summed E-state index contributed by atoms with van der Waals surface area (Å²) in [7, 11) is 0. The van der Waals surface area contributed by atoms with Crippen LogP contribution in [0.2, 0.25) is 0 Å². The molecule has 1 nitrogen and oxygen atoms in total. The fourth-order valence-electron chi connectivity index (χ4n) is 0.886. The van der Waals surface area contributed by atoms with Gasteiger partial charge < -0.3 is 0 Å². The third kappa shape index (κ3) is 3.32. The molecule has 12 heavy (non-hydrogen) atoms. The normalized spacial score (nSPS) is 9.75. The molecule has 0 amide bonds. The average molecular weight is 198 g/mol. The van der Waals surface area contributed by atoms with Crippen molar-refractivity contribution in [3.8, 4) is 0 Å². The van der Waals surface area contributed by atoms with E-state index in [1.165, 1.54) is 11.8 Å². The number of hydrogen-bond acceptors (Lipinski definition) is 3. The van der Waals surface area contributed by atoms with E-state index in [2.05, 4.69) is 12.6 Å². The Hall–Kier alpha value is -0.410. The van der Waals surface area contributed by atoms with Crippen molar-refractivity contribution in [2.24, 2.45) is 0 Å². The molecule has 0 aliphatic heterocycles. The summed E-state index contributed by atoms with van der Waals surface area (Å²) in [5, 5.41) is 0.738. The van der Waals surface area contributed by atoms with Crippen molar-refractivity contribution >= 4 is 29.5 Å². The van der Waals surface area contributed by atoms with Gasteiger partial charge in [0.25, 0.3) is 0 Å². The maximum atomic E-state index is 11.1. The summed E-state index contributed by atoms with van der Waals surface area (Å²) in [6.45, 7) is 0. The fourth-order valence-corrected chi connectivity index (χ4v) is 1.73. The number of carbonyl (C=O) groups is 1. The van der Waals surface area contributed by atoms with Gasteiger partial charge in [0.2, 0.25) is 0 Å². The van der Waals surface area contributed by atoms with Crippen LogP contribution in [0.3, 0.4) is 0 Å².